The Bertz CT molecular complexity index is 1140. The van der Waals surface area contributed by atoms with Gasteiger partial charge in [0.15, 0.2) is 5.82 Å². The van der Waals surface area contributed by atoms with E-state index in [-0.39, 0.29) is 18.4 Å². The Hall–Kier alpha value is -3.94. The molecule has 1 aromatic heterocycles. The maximum Gasteiger partial charge on any atom is 0.242 e. The maximum atomic E-state index is 13.0. The molecule has 0 saturated carbocycles. The van der Waals surface area contributed by atoms with E-state index in [1.165, 1.54) is 6.92 Å². The molecule has 2 aromatic carbocycles. The lowest BCUT2D eigenvalue weighted by molar-refractivity contribution is -0.139. The average Bonchev–Trinajstić information content (AvgIpc) is 3.15. The summed E-state index contributed by atoms with van der Waals surface area (Å²) in [5.74, 6) is 1.43. The SMILES string of the molecule is COc1cccc(-c2ccc(N3CCCN(C(=O)CN(Cc4ccccc4)C(C)=O)CC3)nn2)c1. The fraction of sp³-hybridized carbons (Fsp3) is 0.333. The van der Waals surface area contributed by atoms with E-state index < -0.39 is 0 Å². The number of ether oxygens (including phenoxy) is 1. The maximum absolute atomic E-state index is 13.0. The number of hydrogen-bond donors (Lipinski definition) is 0. The molecule has 2 heterocycles. The fourth-order valence-corrected chi connectivity index (χ4v) is 4.17. The average molecular weight is 474 g/mol. The van der Waals surface area contributed by atoms with Gasteiger partial charge in [-0.25, -0.2) is 0 Å². The molecule has 0 aliphatic carbocycles. The molecule has 4 rings (SSSR count). The molecule has 0 bridgehead atoms. The van der Waals surface area contributed by atoms with Crippen LogP contribution in [0.3, 0.4) is 0 Å². The zero-order valence-corrected chi connectivity index (χ0v) is 20.3. The van der Waals surface area contributed by atoms with E-state index >= 15 is 0 Å². The summed E-state index contributed by atoms with van der Waals surface area (Å²) in [5.41, 5.74) is 2.73. The van der Waals surface area contributed by atoms with Crippen molar-refractivity contribution in [3.8, 4) is 17.0 Å². The minimum atomic E-state index is -0.106. The number of amides is 2. The van der Waals surface area contributed by atoms with Crippen LogP contribution in [0.5, 0.6) is 5.75 Å². The first-order chi connectivity index (χ1) is 17.0. The summed E-state index contributed by atoms with van der Waals surface area (Å²) in [6.07, 6.45) is 0.823. The van der Waals surface area contributed by atoms with Gasteiger partial charge in [0.1, 0.15) is 12.3 Å². The van der Waals surface area contributed by atoms with E-state index in [0.717, 1.165) is 41.4 Å². The van der Waals surface area contributed by atoms with Gasteiger partial charge in [-0.05, 0) is 36.2 Å². The first-order valence-electron chi connectivity index (χ1n) is 11.8. The van der Waals surface area contributed by atoms with Gasteiger partial charge in [0.25, 0.3) is 0 Å². The molecule has 1 aliphatic heterocycles. The van der Waals surface area contributed by atoms with Crippen molar-refractivity contribution in [2.24, 2.45) is 0 Å². The molecular formula is C27H31N5O3. The number of carbonyl (C=O) groups is 2. The van der Waals surface area contributed by atoms with Gasteiger partial charge < -0.3 is 19.4 Å². The molecule has 0 atom stereocenters. The van der Waals surface area contributed by atoms with Crippen LogP contribution >= 0.6 is 0 Å². The Morgan fingerprint density at radius 2 is 1.77 bits per heavy atom. The van der Waals surface area contributed by atoms with Crippen LogP contribution in [0.4, 0.5) is 5.82 Å². The Balaban J connectivity index is 1.36. The van der Waals surface area contributed by atoms with Gasteiger partial charge >= 0.3 is 0 Å². The number of hydrogen-bond acceptors (Lipinski definition) is 6. The third-order valence-electron chi connectivity index (χ3n) is 6.18. The van der Waals surface area contributed by atoms with Crippen LogP contribution < -0.4 is 9.64 Å². The normalized spacial score (nSPS) is 13.8. The molecule has 0 spiro atoms. The molecule has 3 aromatic rings. The summed E-state index contributed by atoms with van der Waals surface area (Å²) in [7, 11) is 1.64. The summed E-state index contributed by atoms with van der Waals surface area (Å²) < 4.78 is 5.29. The van der Waals surface area contributed by atoms with Gasteiger partial charge in [-0.2, -0.15) is 0 Å². The molecular weight excluding hydrogens is 442 g/mol. The Morgan fingerprint density at radius 1 is 0.943 bits per heavy atom. The second kappa shape index (κ2) is 11.5. The van der Waals surface area contributed by atoms with Crippen molar-refractivity contribution in [2.75, 3.05) is 44.7 Å². The minimum Gasteiger partial charge on any atom is -0.497 e. The predicted molar refractivity (Wildman–Crippen MR) is 135 cm³/mol. The zero-order valence-electron chi connectivity index (χ0n) is 20.3. The van der Waals surface area contributed by atoms with E-state index in [1.54, 1.807) is 12.0 Å². The first kappa shape index (κ1) is 24.2. The van der Waals surface area contributed by atoms with Crippen LogP contribution in [0.15, 0.2) is 66.7 Å². The molecule has 2 amide bonds. The molecule has 8 heteroatoms. The highest BCUT2D eigenvalue weighted by atomic mass is 16.5. The first-order valence-corrected chi connectivity index (χ1v) is 11.8. The summed E-state index contributed by atoms with van der Waals surface area (Å²) >= 11 is 0. The van der Waals surface area contributed by atoms with Crippen molar-refractivity contribution < 1.29 is 14.3 Å². The van der Waals surface area contributed by atoms with E-state index in [2.05, 4.69) is 15.1 Å². The fourth-order valence-electron chi connectivity index (χ4n) is 4.17. The van der Waals surface area contributed by atoms with Gasteiger partial charge in [-0.15, -0.1) is 10.2 Å². The number of anilines is 1. The Kier molecular flexibility index (Phi) is 7.92. The quantitative estimate of drug-likeness (QED) is 0.524. The monoisotopic (exact) mass is 473 g/mol. The number of aromatic nitrogens is 2. The standard InChI is InChI=1S/C27H31N5O3/c1-21(33)32(19-22-8-4-3-5-9-22)20-27(34)31-15-7-14-30(16-17-31)26-13-12-25(28-29-26)23-10-6-11-24(18-23)35-2/h3-6,8-13,18H,7,14-17,19-20H2,1-2H3. The van der Waals surface area contributed by atoms with E-state index in [9.17, 15) is 9.59 Å². The molecule has 8 nitrogen and oxygen atoms in total. The van der Waals surface area contributed by atoms with Gasteiger partial charge in [-0.3, -0.25) is 9.59 Å². The van der Waals surface area contributed by atoms with Crippen molar-refractivity contribution >= 4 is 17.6 Å². The molecule has 0 unspecified atom stereocenters. The van der Waals surface area contributed by atoms with Crippen LogP contribution in [0.2, 0.25) is 0 Å². The van der Waals surface area contributed by atoms with E-state index in [1.807, 2.05) is 71.6 Å². The van der Waals surface area contributed by atoms with Gasteiger partial charge in [0.2, 0.25) is 11.8 Å². The summed E-state index contributed by atoms with van der Waals surface area (Å²) in [4.78, 5) is 30.8. The van der Waals surface area contributed by atoms with Crippen molar-refractivity contribution in [3.05, 3.63) is 72.3 Å². The van der Waals surface area contributed by atoms with Crippen molar-refractivity contribution in [2.45, 2.75) is 19.9 Å². The summed E-state index contributed by atoms with van der Waals surface area (Å²) in [5, 5.41) is 8.85. The van der Waals surface area contributed by atoms with Crippen LogP contribution in [-0.2, 0) is 16.1 Å². The third-order valence-corrected chi connectivity index (χ3v) is 6.18. The highest BCUT2D eigenvalue weighted by Gasteiger charge is 2.23. The molecule has 1 saturated heterocycles. The Labute approximate surface area is 206 Å². The second-order valence-electron chi connectivity index (χ2n) is 8.59. The number of benzene rings is 2. The summed E-state index contributed by atoms with van der Waals surface area (Å²) in [6, 6.07) is 21.4. The molecule has 1 aliphatic rings. The van der Waals surface area contributed by atoms with Crippen LogP contribution in [0.1, 0.15) is 18.9 Å². The predicted octanol–water partition coefficient (Wildman–Crippen LogP) is 3.24. The smallest absolute Gasteiger partial charge is 0.242 e. The minimum absolute atomic E-state index is 0.0301. The van der Waals surface area contributed by atoms with E-state index in [4.69, 9.17) is 4.74 Å². The molecule has 182 valence electrons. The van der Waals surface area contributed by atoms with Crippen molar-refractivity contribution in [1.29, 1.82) is 0 Å². The number of nitrogens with zero attached hydrogens (tertiary/aromatic N) is 5. The van der Waals surface area contributed by atoms with Crippen LogP contribution in [0.25, 0.3) is 11.3 Å². The topological polar surface area (TPSA) is 78.9 Å². The van der Waals surface area contributed by atoms with Gasteiger partial charge in [0, 0.05) is 45.2 Å². The third kappa shape index (κ3) is 6.35. The van der Waals surface area contributed by atoms with Crippen LogP contribution in [-0.4, -0.2) is 71.6 Å². The Morgan fingerprint density at radius 3 is 2.49 bits per heavy atom. The van der Waals surface area contributed by atoms with Crippen LogP contribution in [0, 0.1) is 0 Å². The van der Waals surface area contributed by atoms with Crippen molar-refractivity contribution in [3.63, 3.8) is 0 Å². The number of rotatable bonds is 7. The lowest BCUT2D eigenvalue weighted by atomic mass is 10.1. The van der Waals surface area contributed by atoms with Gasteiger partial charge in [0.05, 0.1) is 12.8 Å². The van der Waals surface area contributed by atoms with E-state index in [0.29, 0.717) is 26.2 Å². The van der Waals surface area contributed by atoms with Gasteiger partial charge in [-0.1, -0.05) is 42.5 Å². The second-order valence-corrected chi connectivity index (χ2v) is 8.59. The lowest BCUT2D eigenvalue weighted by Crippen LogP contribution is -2.43. The highest BCUT2D eigenvalue weighted by Crippen LogP contribution is 2.23. The number of carbonyl (C=O) groups excluding carboxylic acids is 2. The molecule has 0 N–H and O–H groups in total. The molecule has 1 fully saturated rings. The largest absolute Gasteiger partial charge is 0.497 e. The number of methoxy groups -OCH3 is 1. The summed E-state index contributed by atoms with van der Waals surface area (Å²) in [6.45, 7) is 4.71. The molecule has 35 heavy (non-hydrogen) atoms. The lowest BCUT2D eigenvalue weighted by Gasteiger charge is -2.26. The molecule has 0 radical (unpaired) electrons. The highest BCUT2D eigenvalue weighted by molar-refractivity contribution is 5.84. The van der Waals surface area contributed by atoms with Crippen molar-refractivity contribution in [1.82, 2.24) is 20.0 Å². The zero-order chi connectivity index (χ0) is 24.6.